The van der Waals surface area contributed by atoms with Gasteiger partial charge in [-0.25, -0.2) is 0 Å². The zero-order chi connectivity index (χ0) is 2.00. The Hall–Kier alpha value is 2.33. The first-order valence-electron chi connectivity index (χ1n) is 0.114. The summed E-state index contributed by atoms with van der Waals surface area (Å²) in [5.41, 5.74) is 0. The van der Waals surface area contributed by atoms with Gasteiger partial charge in [-0.3, -0.25) is 0 Å². The van der Waals surface area contributed by atoms with E-state index in [9.17, 15) is 0 Å². The van der Waals surface area contributed by atoms with E-state index in [1.165, 1.54) is 0 Å². The van der Waals surface area contributed by atoms with Crippen LogP contribution >= 0.6 is 20.3 Å². The van der Waals surface area contributed by atoms with E-state index in [0.717, 1.165) is 0 Å². The molecule has 0 aliphatic rings. The Bertz CT molecular complexity index is 8.00. The molecule has 0 unspecified atom stereocenters. The number of hydrogen-bond donors (Lipinski definition) is 0. The van der Waals surface area contributed by atoms with Crippen LogP contribution in [0.5, 0.6) is 0 Å². The fourth-order valence-corrected chi connectivity index (χ4v) is 0. The Morgan fingerprint density at radius 2 is 1.25 bits per heavy atom. The van der Waals surface area contributed by atoms with E-state index >= 15 is 0 Å². The molecule has 0 aliphatic heterocycles. The largest absolute Gasteiger partial charge is 1.00 e. The van der Waals surface area contributed by atoms with Crippen molar-refractivity contribution in [3.8, 4) is 0 Å². The van der Waals surface area contributed by atoms with Gasteiger partial charge in [-0.15, -0.1) is 0 Å². The first-order valence-corrected chi connectivity index (χ1v) is 3.15. The molecular weight excluding hydrogens is 277 g/mol. The summed E-state index contributed by atoms with van der Waals surface area (Å²) in [6.07, 6.45) is 0. The Balaban J connectivity index is -0.00000000500. The summed E-state index contributed by atoms with van der Waals surface area (Å²) in [5, 5.41) is 0. The van der Waals surface area contributed by atoms with Gasteiger partial charge in [-0.2, -0.15) is 0 Å². The molecule has 0 saturated heterocycles. The van der Waals surface area contributed by atoms with Crippen molar-refractivity contribution in [1.29, 1.82) is 0 Å². The molecule has 0 rings (SSSR count). The summed E-state index contributed by atoms with van der Waals surface area (Å²) in [6.45, 7) is 0. The summed E-state index contributed by atoms with van der Waals surface area (Å²) >= 11 is 5.87. The molecule has 0 radical (unpaired) electrons. The van der Waals surface area contributed by atoms with Crippen molar-refractivity contribution < 1.29 is 48.6 Å². The van der Waals surface area contributed by atoms with Crippen molar-refractivity contribution in [2.24, 2.45) is 0 Å². The quantitative estimate of drug-likeness (QED) is 0.307. The van der Waals surface area contributed by atoms with Crippen LogP contribution in [-0.2, 0) is 12.8 Å². The third-order valence-corrected chi connectivity index (χ3v) is 0. The average Bonchev–Trinajstić information content (AvgIpc) is 1.00. The topological polar surface area (TPSA) is 0 Å². The monoisotopic (exact) mass is 276 g/mol. The van der Waals surface area contributed by atoms with Crippen LogP contribution in [0.15, 0.2) is 0 Å². The molecular formula is BrCuILi. The standard InChI is InChI=1S/BrH.Cu.HI.Li/h1H;;1H;/q;+1;;+1/p-2. The second-order valence-corrected chi connectivity index (χ2v) is 0. The molecule has 0 bridgehead atoms. The maximum atomic E-state index is 4.16. The second-order valence-electron chi connectivity index (χ2n) is 0. The Morgan fingerprint density at radius 1 is 1.25 bits per heavy atom. The molecule has 26 valence electrons. The van der Waals surface area contributed by atoms with Crippen molar-refractivity contribution in [1.82, 2.24) is 0 Å². The van der Waals surface area contributed by atoms with E-state index in [-0.39, 0.29) is 35.8 Å². The third-order valence-electron chi connectivity index (χ3n) is 0. The molecule has 0 aromatic rings. The van der Waals surface area contributed by atoms with Crippen LogP contribution < -0.4 is 35.8 Å². The maximum absolute atomic E-state index is 4.16. The van der Waals surface area contributed by atoms with Crippen molar-refractivity contribution in [3.05, 3.63) is 0 Å². The van der Waals surface area contributed by atoms with Crippen molar-refractivity contribution in [2.75, 3.05) is 0 Å². The van der Waals surface area contributed by atoms with Gasteiger partial charge in [0.1, 0.15) is 0 Å². The van der Waals surface area contributed by atoms with Gasteiger partial charge in [-0.05, 0) is 0 Å². The Labute approximate surface area is 68.0 Å². The summed E-state index contributed by atoms with van der Waals surface area (Å²) < 4.78 is 0. The van der Waals surface area contributed by atoms with E-state index in [0.29, 0.717) is 0 Å². The summed E-state index contributed by atoms with van der Waals surface area (Å²) in [4.78, 5) is 0. The van der Waals surface area contributed by atoms with E-state index in [2.05, 4.69) is 12.8 Å². The predicted octanol–water partition coefficient (Wildman–Crippen LogP) is -5.11. The minimum absolute atomic E-state index is 0. The number of hydrogen-bond acceptors (Lipinski definition) is 0. The van der Waals surface area contributed by atoms with Crippen LogP contribution in [0.4, 0.5) is 0 Å². The molecule has 0 atom stereocenters. The molecule has 0 spiro atoms. The van der Waals surface area contributed by atoms with Crippen LogP contribution in [0.3, 0.4) is 0 Å². The molecule has 0 heterocycles. The minimum Gasteiger partial charge on any atom is 1.00 e. The Morgan fingerprint density at radius 3 is 1.25 bits per heavy atom. The van der Waals surface area contributed by atoms with Crippen LogP contribution in [0.25, 0.3) is 0 Å². The Kier molecular flexibility index (Phi) is 74.7. The molecule has 0 aliphatic carbocycles. The van der Waals surface area contributed by atoms with Gasteiger partial charge in [0.2, 0.25) is 0 Å². The van der Waals surface area contributed by atoms with Gasteiger partial charge >= 0.3 is 52.0 Å². The molecule has 0 aromatic heterocycles. The first-order chi connectivity index (χ1) is 1.00. The summed E-state index contributed by atoms with van der Waals surface area (Å²) in [7, 11) is 0. The van der Waals surface area contributed by atoms with Gasteiger partial charge in [0.25, 0.3) is 0 Å². The average molecular weight is 277 g/mol. The smallest absolute Gasteiger partial charge is 1.00 e. The van der Waals surface area contributed by atoms with Gasteiger partial charge < -0.3 is 17.0 Å². The zero-order valence-corrected chi connectivity index (χ0v) is 6.74. The summed E-state index contributed by atoms with van der Waals surface area (Å²) in [6, 6.07) is 0. The molecule has 0 N–H and O–H groups in total. The van der Waals surface area contributed by atoms with E-state index in [1.54, 1.807) is 20.3 Å². The van der Waals surface area contributed by atoms with Gasteiger partial charge in [-0.1, -0.05) is 0 Å². The normalized spacial score (nSPS) is 1.75. The van der Waals surface area contributed by atoms with Crippen LogP contribution in [-0.4, -0.2) is 0 Å². The van der Waals surface area contributed by atoms with Crippen LogP contribution in [0, 0.1) is 0 Å². The zero-order valence-electron chi connectivity index (χ0n) is 2.06. The van der Waals surface area contributed by atoms with Crippen molar-refractivity contribution >= 4 is 20.3 Å². The fourth-order valence-electron chi connectivity index (χ4n) is 0. The number of halogens is 2. The van der Waals surface area contributed by atoms with Crippen molar-refractivity contribution in [3.63, 3.8) is 0 Å². The molecule has 4 heteroatoms. The number of rotatable bonds is 0. The minimum atomic E-state index is 0. The van der Waals surface area contributed by atoms with Crippen LogP contribution in [0.2, 0.25) is 0 Å². The predicted molar refractivity (Wildman–Crippen MR) is 14.0 cm³/mol. The molecule has 0 fully saturated rings. The SMILES string of the molecule is [Br-].[Cu][I].[Li+]. The van der Waals surface area contributed by atoms with Gasteiger partial charge in [0.05, 0.1) is 0 Å². The molecule has 0 saturated carbocycles. The molecule has 0 amide bonds. The van der Waals surface area contributed by atoms with Crippen molar-refractivity contribution in [2.45, 2.75) is 0 Å². The van der Waals surface area contributed by atoms with Gasteiger partial charge in [0, 0.05) is 0 Å². The van der Waals surface area contributed by atoms with E-state index in [1.807, 2.05) is 0 Å². The molecule has 0 nitrogen and oxygen atoms in total. The third kappa shape index (κ3) is 8.85. The van der Waals surface area contributed by atoms with E-state index in [4.69, 9.17) is 0 Å². The second kappa shape index (κ2) is 18.4. The van der Waals surface area contributed by atoms with E-state index < -0.39 is 0 Å². The molecule has 0 aromatic carbocycles. The molecule has 4 heavy (non-hydrogen) atoms. The van der Waals surface area contributed by atoms with Crippen LogP contribution in [0.1, 0.15) is 0 Å². The van der Waals surface area contributed by atoms with Gasteiger partial charge in [0.15, 0.2) is 0 Å². The summed E-state index contributed by atoms with van der Waals surface area (Å²) in [5.74, 6) is 0. The first kappa shape index (κ1) is 16.2. The maximum Gasteiger partial charge on any atom is 1.00 e. The fraction of sp³-hybridized carbons (Fsp3) is 0.